The fourth-order valence-corrected chi connectivity index (χ4v) is 3.59. The summed E-state index contributed by atoms with van der Waals surface area (Å²) >= 11 is 0. The highest BCUT2D eigenvalue weighted by molar-refractivity contribution is 5.94. The van der Waals surface area contributed by atoms with E-state index in [0.29, 0.717) is 29.3 Å². The summed E-state index contributed by atoms with van der Waals surface area (Å²) in [6.07, 6.45) is 7.72. The molecule has 0 atom stereocenters. The van der Waals surface area contributed by atoms with Crippen molar-refractivity contribution in [2.75, 3.05) is 19.0 Å². The van der Waals surface area contributed by atoms with Gasteiger partial charge in [0.15, 0.2) is 5.82 Å². The molecule has 2 heterocycles. The van der Waals surface area contributed by atoms with Crippen LogP contribution in [0.2, 0.25) is 0 Å². The second kappa shape index (κ2) is 14.1. The maximum atomic E-state index is 12.7. The molecule has 1 amide bonds. The van der Waals surface area contributed by atoms with Gasteiger partial charge in [0.2, 0.25) is 0 Å². The zero-order valence-electron chi connectivity index (χ0n) is 21.1. The minimum absolute atomic E-state index is 0.0784. The molecule has 0 radical (unpaired) electrons. The van der Waals surface area contributed by atoms with E-state index in [-0.39, 0.29) is 18.9 Å². The molecular weight excluding hydrogens is 499 g/mol. The number of anilines is 1. The third kappa shape index (κ3) is 9.13. The van der Waals surface area contributed by atoms with Crippen LogP contribution in [0.5, 0.6) is 0 Å². The lowest BCUT2D eigenvalue weighted by molar-refractivity contribution is -0.140. The van der Waals surface area contributed by atoms with Gasteiger partial charge in [0.1, 0.15) is 5.82 Å². The van der Waals surface area contributed by atoms with Gasteiger partial charge < -0.3 is 15.4 Å². The van der Waals surface area contributed by atoms with E-state index in [2.05, 4.69) is 30.3 Å². The monoisotopic (exact) mass is 529 g/mol. The lowest BCUT2D eigenvalue weighted by Gasteiger charge is -2.08. The fourth-order valence-electron chi connectivity index (χ4n) is 3.59. The molecule has 0 spiro atoms. The van der Waals surface area contributed by atoms with E-state index in [1.807, 2.05) is 0 Å². The summed E-state index contributed by atoms with van der Waals surface area (Å²) < 4.78 is 42.5. The average molecular weight is 530 g/mol. The number of hydrogen-bond donors (Lipinski definition) is 2. The number of alkyl halides is 3. The maximum absolute atomic E-state index is 12.7. The van der Waals surface area contributed by atoms with Gasteiger partial charge in [-0.3, -0.25) is 9.59 Å². The number of nitrogens with one attached hydrogen (secondary N) is 2. The van der Waals surface area contributed by atoms with Crippen LogP contribution in [0, 0.1) is 0 Å². The number of esters is 1. The molecule has 4 rings (SSSR count). The molecular formula is C27H30F3N5O3. The van der Waals surface area contributed by atoms with Gasteiger partial charge in [-0.2, -0.15) is 13.2 Å². The lowest BCUT2D eigenvalue weighted by atomic mass is 10.1. The molecule has 0 saturated heterocycles. The van der Waals surface area contributed by atoms with Gasteiger partial charge in [-0.1, -0.05) is 44.2 Å². The molecule has 0 bridgehead atoms. The summed E-state index contributed by atoms with van der Waals surface area (Å²) in [5.74, 6) is 0.0654. The van der Waals surface area contributed by atoms with Gasteiger partial charge in [-0.15, -0.1) is 0 Å². The first-order chi connectivity index (χ1) is 18.3. The lowest BCUT2D eigenvalue weighted by Crippen LogP contribution is -2.26. The third-order valence-corrected chi connectivity index (χ3v) is 5.77. The molecule has 2 N–H and O–H groups in total. The van der Waals surface area contributed by atoms with Crippen molar-refractivity contribution < 1.29 is 27.5 Å². The zero-order valence-corrected chi connectivity index (χ0v) is 21.1. The molecule has 11 heteroatoms. The van der Waals surface area contributed by atoms with Gasteiger partial charge in [0.25, 0.3) is 5.91 Å². The summed E-state index contributed by atoms with van der Waals surface area (Å²) in [7, 11) is 1.28. The van der Waals surface area contributed by atoms with Crippen molar-refractivity contribution in [2.24, 2.45) is 0 Å². The van der Waals surface area contributed by atoms with Gasteiger partial charge in [0.05, 0.1) is 24.7 Å². The molecule has 1 fully saturated rings. The SMILES string of the molecule is C1CCCC1.COC(=O)CCNC(=O)c1ccc(NCc2cnc(-c3ccc(C(F)(F)F)cc3)nc2)nc1. The number of halogens is 3. The van der Waals surface area contributed by atoms with Crippen LogP contribution in [-0.4, -0.2) is 40.5 Å². The van der Waals surface area contributed by atoms with Crippen molar-refractivity contribution in [3.05, 3.63) is 71.7 Å². The van der Waals surface area contributed by atoms with Crippen molar-refractivity contribution in [2.45, 2.75) is 51.2 Å². The molecule has 0 aliphatic heterocycles. The summed E-state index contributed by atoms with van der Waals surface area (Å²) in [5.41, 5.74) is 0.820. The highest BCUT2D eigenvalue weighted by Crippen LogP contribution is 2.30. The minimum Gasteiger partial charge on any atom is -0.469 e. The molecule has 38 heavy (non-hydrogen) atoms. The standard InChI is InChI=1S/C22H20F3N5O3.C5H10/c1-33-19(31)8-9-26-21(32)16-4-7-18(28-13-16)27-10-14-11-29-20(30-12-14)15-2-5-17(6-3-15)22(23,24)25;1-2-4-5-3-1/h2-7,11-13H,8-10H2,1H3,(H,26,32)(H,27,28);1-5H2. The van der Waals surface area contributed by atoms with Gasteiger partial charge >= 0.3 is 12.1 Å². The molecule has 1 aliphatic rings. The first-order valence-corrected chi connectivity index (χ1v) is 12.3. The van der Waals surface area contributed by atoms with Crippen LogP contribution in [0.4, 0.5) is 19.0 Å². The smallest absolute Gasteiger partial charge is 0.416 e. The normalized spacial score (nSPS) is 12.7. The Morgan fingerprint density at radius 3 is 2.05 bits per heavy atom. The van der Waals surface area contributed by atoms with E-state index in [1.165, 1.54) is 57.5 Å². The topological polar surface area (TPSA) is 106 Å². The second-order valence-electron chi connectivity index (χ2n) is 8.63. The molecule has 1 saturated carbocycles. The quantitative estimate of drug-likeness (QED) is 0.376. The Kier molecular flexibility index (Phi) is 10.6. The highest BCUT2D eigenvalue weighted by atomic mass is 19.4. The number of pyridine rings is 1. The molecule has 2 aromatic heterocycles. The maximum Gasteiger partial charge on any atom is 0.416 e. The molecule has 0 unspecified atom stereocenters. The van der Waals surface area contributed by atoms with Crippen molar-refractivity contribution in [3.8, 4) is 11.4 Å². The third-order valence-electron chi connectivity index (χ3n) is 5.77. The van der Waals surface area contributed by atoms with Gasteiger partial charge in [0, 0.05) is 42.8 Å². The number of hydrogen-bond acceptors (Lipinski definition) is 7. The van der Waals surface area contributed by atoms with E-state index in [4.69, 9.17) is 0 Å². The van der Waals surface area contributed by atoms with Crippen LogP contribution in [-0.2, 0) is 22.3 Å². The molecule has 1 aliphatic carbocycles. The number of ether oxygens (including phenoxy) is 1. The van der Waals surface area contributed by atoms with Crippen LogP contribution in [0.15, 0.2) is 55.0 Å². The number of aromatic nitrogens is 3. The Morgan fingerprint density at radius 2 is 1.53 bits per heavy atom. The van der Waals surface area contributed by atoms with Crippen molar-refractivity contribution in [1.29, 1.82) is 0 Å². The Balaban J connectivity index is 0.000000715. The van der Waals surface area contributed by atoms with Crippen molar-refractivity contribution >= 4 is 17.7 Å². The van der Waals surface area contributed by atoms with Crippen molar-refractivity contribution in [1.82, 2.24) is 20.3 Å². The van der Waals surface area contributed by atoms with Crippen LogP contribution < -0.4 is 10.6 Å². The second-order valence-corrected chi connectivity index (χ2v) is 8.63. The van der Waals surface area contributed by atoms with E-state index in [9.17, 15) is 22.8 Å². The largest absolute Gasteiger partial charge is 0.469 e. The predicted molar refractivity (Wildman–Crippen MR) is 136 cm³/mol. The summed E-state index contributed by atoms with van der Waals surface area (Å²) in [6, 6.07) is 7.85. The van der Waals surface area contributed by atoms with Crippen LogP contribution in [0.3, 0.4) is 0 Å². The first-order valence-electron chi connectivity index (χ1n) is 12.3. The van der Waals surface area contributed by atoms with E-state index >= 15 is 0 Å². The predicted octanol–water partition coefficient (Wildman–Crippen LogP) is 5.41. The summed E-state index contributed by atoms with van der Waals surface area (Å²) in [5, 5.41) is 5.67. The Bertz CT molecular complexity index is 1160. The number of amides is 1. The minimum atomic E-state index is -4.39. The number of nitrogens with zero attached hydrogens (tertiary/aromatic N) is 3. The number of carbonyl (C=O) groups is 2. The van der Waals surface area contributed by atoms with Crippen molar-refractivity contribution in [3.63, 3.8) is 0 Å². The average Bonchev–Trinajstić information content (AvgIpc) is 3.52. The Hall–Kier alpha value is -4.02. The molecule has 1 aromatic carbocycles. The van der Waals surface area contributed by atoms with E-state index in [0.717, 1.165) is 17.7 Å². The first kappa shape index (κ1) is 28.5. The van der Waals surface area contributed by atoms with E-state index in [1.54, 1.807) is 24.5 Å². The van der Waals surface area contributed by atoms with Crippen LogP contribution in [0.1, 0.15) is 60.0 Å². The highest BCUT2D eigenvalue weighted by Gasteiger charge is 2.30. The summed E-state index contributed by atoms with van der Waals surface area (Å²) in [6.45, 7) is 0.513. The zero-order chi connectivity index (χ0) is 27.4. The molecule has 202 valence electrons. The Labute approximate surface area is 219 Å². The molecule has 3 aromatic rings. The van der Waals surface area contributed by atoms with Gasteiger partial charge in [-0.25, -0.2) is 15.0 Å². The number of benzene rings is 1. The van der Waals surface area contributed by atoms with E-state index < -0.39 is 17.7 Å². The number of methoxy groups -OCH3 is 1. The fraction of sp³-hybridized carbons (Fsp3) is 0.370. The van der Waals surface area contributed by atoms with Crippen LogP contribution in [0.25, 0.3) is 11.4 Å². The summed E-state index contributed by atoms with van der Waals surface area (Å²) in [4.78, 5) is 35.7. The number of rotatable bonds is 8. The van der Waals surface area contributed by atoms with Crippen LogP contribution >= 0.6 is 0 Å². The molecule has 8 nitrogen and oxygen atoms in total. The van der Waals surface area contributed by atoms with Gasteiger partial charge in [-0.05, 0) is 24.3 Å². The number of carbonyl (C=O) groups excluding carboxylic acids is 2. The Morgan fingerprint density at radius 1 is 0.895 bits per heavy atom.